The lowest BCUT2D eigenvalue weighted by Gasteiger charge is -2.01. The number of rotatable bonds is 3. The summed E-state index contributed by atoms with van der Waals surface area (Å²) in [4.78, 5) is 31.1. The number of allylic oxidation sites excluding steroid dienone is 1. The molecule has 0 spiro atoms. The van der Waals surface area contributed by atoms with E-state index in [0.717, 1.165) is 5.56 Å². The van der Waals surface area contributed by atoms with Gasteiger partial charge in [-0.3, -0.25) is 9.59 Å². The van der Waals surface area contributed by atoms with Crippen molar-refractivity contribution in [3.05, 3.63) is 81.9 Å². The third-order valence-corrected chi connectivity index (χ3v) is 3.43. The van der Waals surface area contributed by atoms with E-state index >= 15 is 0 Å². The Morgan fingerprint density at radius 3 is 2.64 bits per heavy atom. The van der Waals surface area contributed by atoms with Gasteiger partial charge in [-0.25, -0.2) is 4.98 Å². The maximum Gasteiger partial charge on any atom is 0.259 e. The Kier molecular flexibility index (Phi) is 3.66. The van der Waals surface area contributed by atoms with Gasteiger partial charge in [0.25, 0.3) is 5.56 Å². The van der Waals surface area contributed by atoms with E-state index in [1.54, 1.807) is 24.3 Å². The van der Waals surface area contributed by atoms with Gasteiger partial charge in [0.2, 0.25) is 0 Å². The number of aryl methyl sites for hydroxylation is 1. The van der Waals surface area contributed by atoms with E-state index in [9.17, 15) is 9.59 Å². The summed E-state index contributed by atoms with van der Waals surface area (Å²) in [6.07, 6.45) is 2.96. The quantitative estimate of drug-likeness (QED) is 0.595. The highest BCUT2D eigenvalue weighted by atomic mass is 16.1. The minimum atomic E-state index is -0.214. The van der Waals surface area contributed by atoms with Gasteiger partial charge >= 0.3 is 0 Å². The van der Waals surface area contributed by atoms with Crippen molar-refractivity contribution in [2.24, 2.45) is 0 Å². The molecular weight excluding hydrogens is 276 g/mol. The SMILES string of the molecule is Cc1ccccc1C(=O)/C=C/c1nc2ccccc2c(=O)[nH]1. The number of aromatic amines is 1. The third-order valence-electron chi connectivity index (χ3n) is 3.43. The number of nitrogens with one attached hydrogen (secondary N) is 1. The van der Waals surface area contributed by atoms with Crippen LogP contribution in [0.15, 0.2) is 59.4 Å². The zero-order valence-electron chi connectivity index (χ0n) is 12.0. The number of ketones is 1. The van der Waals surface area contributed by atoms with Gasteiger partial charge in [0.05, 0.1) is 10.9 Å². The van der Waals surface area contributed by atoms with Gasteiger partial charge in [-0.05, 0) is 36.8 Å². The minimum absolute atomic E-state index is 0.117. The summed E-state index contributed by atoms with van der Waals surface area (Å²) in [7, 11) is 0. The number of hydrogen-bond donors (Lipinski definition) is 1. The molecule has 3 aromatic rings. The summed E-state index contributed by atoms with van der Waals surface area (Å²) in [6.45, 7) is 1.89. The average molecular weight is 290 g/mol. The topological polar surface area (TPSA) is 62.8 Å². The van der Waals surface area contributed by atoms with Crippen molar-refractivity contribution in [1.29, 1.82) is 0 Å². The van der Waals surface area contributed by atoms with Crippen molar-refractivity contribution in [2.45, 2.75) is 6.92 Å². The van der Waals surface area contributed by atoms with E-state index in [0.29, 0.717) is 22.3 Å². The highest BCUT2D eigenvalue weighted by molar-refractivity contribution is 6.07. The summed E-state index contributed by atoms with van der Waals surface area (Å²) in [5.74, 6) is 0.250. The largest absolute Gasteiger partial charge is 0.306 e. The zero-order chi connectivity index (χ0) is 15.5. The van der Waals surface area contributed by atoms with E-state index in [1.165, 1.54) is 12.2 Å². The molecular formula is C18H14N2O2. The number of hydrogen-bond acceptors (Lipinski definition) is 3. The van der Waals surface area contributed by atoms with Crippen LogP contribution >= 0.6 is 0 Å². The fraction of sp³-hybridized carbons (Fsp3) is 0.0556. The molecule has 0 fully saturated rings. The Morgan fingerprint density at radius 1 is 1.09 bits per heavy atom. The maximum atomic E-state index is 12.2. The molecule has 0 radical (unpaired) electrons. The van der Waals surface area contributed by atoms with Crippen LogP contribution in [-0.2, 0) is 0 Å². The van der Waals surface area contributed by atoms with Gasteiger partial charge in [0.15, 0.2) is 5.78 Å². The van der Waals surface area contributed by atoms with E-state index < -0.39 is 0 Å². The van der Waals surface area contributed by atoms with Crippen LogP contribution in [0.25, 0.3) is 17.0 Å². The monoisotopic (exact) mass is 290 g/mol. The molecule has 0 aliphatic rings. The second-order valence-electron chi connectivity index (χ2n) is 4.98. The smallest absolute Gasteiger partial charge is 0.259 e. The Hall–Kier alpha value is -3.01. The standard InChI is InChI=1S/C18H14N2O2/c1-12-6-2-3-7-13(12)16(21)10-11-17-19-15-9-5-4-8-14(15)18(22)20-17/h2-11H,1H3,(H,19,20,22)/b11-10+. The van der Waals surface area contributed by atoms with Crippen LogP contribution in [0.1, 0.15) is 21.7 Å². The second kappa shape index (κ2) is 5.77. The zero-order valence-corrected chi connectivity index (χ0v) is 12.0. The molecule has 1 N–H and O–H groups in total. The molecule has 2 aromatic carbocycles. The Morgan fingerprint density at radius 2 is 1.82 bits per heavy atom. The summed E-state index contributed by atoms with van der Waals surface area (Å²) in [5, 5.41) is 0.532. The van der Waals surface area contributed by atoms with Gasteiger partial charge < -0.3 is 4.98 Å². The average Bonchev–Trinajstić information content (AvgIpc) is 2.53. The molecule has 3 rings (SSSR count). The van der Waals surface area contributed by atoms with Crippen molar-refractivity contribution in [1.82, 2.24) is 9.97 Å². The van der Waals surface area contributed by atoms with Crippen molar-refractivity contribution < 1.29 is 4.79 Å². The van der Waals surface area contributed by atoms with Crippen LogP contribution in [0, 0.1) is 6.92 Å². The lowest BCUT2D eigenvalue weighted by molar-refractivity contribution is 0.104. The van der Waals surface area contributed by atoms with Crippen LogP contribution in [0.2, 0.25) is 0 Å². The second-order valence-corrected chi connectivity index (χ2v) is 4.98. The molecule has 0 unspecified atom stereocenters. The van der Waals surface area contributed by atoms with Gasteiger partial charge in [-0.1, -0.05) is 36.4 Å². The van der Waals surface area contributed by atoms with Crippen LogP contribution in [0.3, 0.4) is 0 Å². The number of nitrogens with zero attached hydrogens (tertiary/aromatic N) is 1. The first-order valence-corrected chi connectivity index (χ1v) is 6.92. The van der Waals surface area contributed by atoms with Gasteiger partial charge in [-0.15, -0.1) is 0 Å². The van der Waals surface area contributed by atoms with Crippen molar-refractivity contribution in [3.63, 3.8) is 0 Å². The molecule has 1 aromatic heterocycles. The normalized spacial score (nSPS) is 11.1. The summed E-state index contributed by atoms with van der Waals surface area (Å²) >= 11 is 0. The van der Waals surface area contributed by atoms with Crippen molar-refractivity contribution in [3.8, 4) is 0 Å². The predicted octanol–water partition coefficient (Wildman–Crippen LogP) is 3.13. The van der Waals surface area contributed by atoms with Gasteiger partial charge in [-0.2, -0.15) is 0 Å². The number of fused-ring (bicyclic) bond motifs is 1. The first kappa shape index (κ1) is 13.9. The molecule has 0 amide bonds. The van der Waals surface area contributed by atoms with Crippen LogP contribution in [0.5, 0.6) is 0 Å². The van der Waals surface area contributed by atoms with E-state index in [2.05, 4.69) is 9.97 Å². The lowest BCUT2D eigenvalue weighted by atomic mass is 10.0. The Labute approximate surface area is 127 Å². The minimum Gasteiger partial charge on any atom is -0.306 e. The van der Waals surface area contributed by atoms with E-state index in [4.69, 9.17) is 0 Å². The number of benzene rings is 2. The summed E-state index contributed by atoms with van der Waals surface area (Å²) in [6, 6.07) is 14.5. The number of aromatic nitrogens is 2. The number of para-hydroxylation sites is 1. The highest BCUT2D eigenvalue weighted by Crippen LogP contribution is 2.10. The molecule has 108 valence electrons. The van der Waals surface area contributed by atoms with Crippen molar-refractivity contribution >= 4 is 22.8 Å². The van der Waals surface area contributed by atoms with Crippen LogP contribution in [-0.4, -0.2) is 15.8 Å². The Balaban J connectivity index is 1.95. The molecule has 0 aliphatic heterocycles. The highest BCUT2D eigenvalue weighted by Gasteiger charge is 2.05. The van der Waals surface area contributed by atoms with Crippen LogP contribution in [0.4, 0.5) is 0 Å². The van der Waals surface area contributed by atoms with Gasteiger partial charge in [0.1, 0.15) is 5.82 Å². The molecule has 0 saturated carbocycles. The molecule has 4 heteroatoms. The number of carbonyl (C=O) groups excluding carboxylic acids is 1. The first-order chi connectivity index (χ1) is 10.6. The van der Waals surface area contributed by atoms with Crippen LogP contribution < -0.4 is 5.56 Å². The number of carbonyl (C=O) groups is 1. The van der Waals surface area contributed by atoms with E-state index in [1.807, 2.05) is 31.2 Å². The molecule has 4 nitrogen and oxygen atoms in total. The molecule has 0 saturated heterocycles. The lowest BCUT2D eigenvalue weighted by Crippen LogP contribution is -2.09. The Bertz CT molecular complexity index is 939. The molecule has 0 aliphatic carbocycles. The maximum absolute atomic E-state index is 12.2. The number of H-pyrrole nitrogens is 1. The molecule has 0 bridgehead atoms. The molecule has 0 atom stereocenters. The van der Waals surface area contributed by atoms with Crippen molar-refractivity contribution in [2.75, 3.05) is 0 Å². The first-order valence-electron chi connectivity index (χ1n) is 6.92. The fourth-order valence-corrected chi connectivity index (χ4v) is 2.28. The molecule has 1 heterocycles. The van der Waals surface area contributed by atoms with E-state index in [-0.39, 0.29) is 11.3 Å². The molecule has 22 heavy (non-hydrogen) atoms. The third kappa shape index (κ3) is 2.72. The van der Waals surface area contributed by atoms with Gasteiger partial charge in [0, 0.05) is 5.56 Å². The predicted molar refractivity (Wildman–Crippen MR) is 86.9 cm³/mol. The summed E-state index contributed by atoms with van der Waals surface area (Å²) in [5.41, 5.74) is 1.95. The summed E-state index contributed by atoms with van der Waals surface area (Å²) < 4.78 is 0. The fourth-order valence-electron chi connectivity index (χ4n) is 2.28.